The molecular formula is C23H28BrN3O2. The van der Waals surface area contributed by atoms with Gasteiger partial charge in [0.05, 0.1) is 6.54 Å². The number of anilines is 2. The topological polar surface area (TPSA) is 61.4 Å². The fourth-order valence-corrected chi connectivity index (χ4v) is 3.91. The summed E-state index contributed by atoms with van der Waals surface area (Å²) in [6.45, 7) is 7.89. The van der Waals surface area contributed by atoms with E-state index in [0.717, 1.165) is 52.9 Å². The monoisotopic (exact) mass is 457 g/mol. The lowest BCUT2D eigenvalue weighted by molar-refractivity contribution is -0.121. The van der Waals surface area contributed by atoms with Gasteiger partial charge in [-0.1, -0.05) is 33.6 Å². The van der Waals surface area contributed by atoms with Crippen molar-refractivity contribution in [3.63, 3.8) is 0 Å². The summed E-state index contributed by atoms with van der Waals surface area (Å²) in [5.41, 5.74) is 5.02. The summed E-state index contributed by atoms with van der Waals surface area (Å²) in [5, 5.41) is 6.02. The van der Waals surface area contributed by atoms with Crippen LogP contribution in [0, 0.1) is 26.7 Å². The number of amides is 2. The highest BCUT2D eigenvalue weighted by Crippen LogP contribution is 2.23. The number of aryl methyl sites for hydroxylation is 3. The van der Waals surface area contributed by atoms with Crippen LogP contribution in [0.2, 0.25) is 0 Å². The second-order valence-electron chi connectivity index (χ2n) is 7.87. The van der Waals surface area contributed by atoms with Crippen LogP contribution in [0.5, 0.6) is 0 Å². The van der Waals surface area contributed by atoms with Crippen LogP contribution in [0.25, 0.3) is 0 Å². The van der Waals surface area contributed by atoms with Crippen LogP contribution < -0.4 is 10.6 Å². The molecule has 2 N–H and O–H groups in total. The zero-order chi connectivity index (χ0) is 21.0. The molecule has 0 aliphatic carbocycles. The summed E-state index contributed by atoms with van der Waals surface area (Å²) >= 11 is 3.48. The highest BCUT2D eigenvalue weighted by molar-refractivity contribution is 9.10. The van der Waals surface area contributed by atoms with Crippen molar-refractivity contribution < 1.29 is 9.59 Å². The number of hydrogen-bond donors (Lipinski definition) is 2. The Morgan fingerprint density at radius 2 is 1.72 bits per heavy atom. The van der Waals surface area contributed by atoms with Crippen LogP contribution in [-0.4, -0.2) is 36.3 Å². The van der Waals surface area contributed by atoms with Gasteiger partial charge in [0.25, 0.3) is 0 Å². The lowest BCUT2D eigenvalue weighted by atomic mass is 9.95. The van der Waals surface area contributed by atoms with Gasteiger partial charge in [0, 0.05) is 21.8 Å². The standard InChI is InChI=1S/C23H28BrN3O2/c1-15-4-7-21(17(3)12-15)26-22(28)14-27-10-8-18(9-11-27)23(29)25-19-5-6-20(24)16(2)13-19/h4-7,12-13,18H,8-11,14H2,1-3H3,(H,25,29)(H,26,28). The normalized spacial score (nSPS) is 15.2. The number of nitrogens with zero attached hydrogens (tertiary/aromatic N) is 1. The lowest BCUT2D eigenvalue weighted by Crippen LogP contribution is -2.41. The van der Waals surface area contributed by atoms with E-state index in [1.165, 1.54) is 5.56 Å². The van der Waals surface area contributed by atoms with Crippen LogP contribution in [0.1, 0.15) is 29.5 Å². The summed E-state index contributed by atoms with van der Waals surface area (Å²) < 4.78 is 1.03. The molecule has 0 saturated carbocycles. The molecule has 0 atom stereocenters. The molecular weight excluding hydrogens is 430 g/mol. The van der Waals surface area contributed by atoms with E-state index in [2.05, 4.69) is 37.5 Å². The van der Waals surface area contributed by atoms with Gasteiger partial charge < -0.3 is 10.6 Å². The molecule has 1 fully saturated rings. The smallest absolute Gasteiger partial charge is 0.238 e. The third kappa shape index (κ3) is 5.90. The predicted octanol–water partition coefficient (Wildman–Crippen LogP) is 4.66. The van der Waals surface area contributed by atoms with Gasteiger partial charge in [-0.2, -0.15) is 0 Å². The SMILES string of the molecule is Cc1ccc(NC(=O)CN2CCC(C(=O)Nc3ccc(Br)c(C)c3)CC2)c(C)c1. The predicted molar refractivity (Wildman–Crippen MR) is 121 cm³/mol. The Kier molecular flexibility index (Phi) is 7.09. The fraction of sp³-hybridized carbons (Fsp3) is 0.391. The molecule has 1 aliphatic heterocycles. The van der Waals surface area contributed by atoms with Gasteiger partial charge in [-0.15, -0.1) is 0 Å². The maximum atomic E-state index is 12.6. The number of nitrogens with one attached hydrogen (secondary N) is 2. The number of piperidine rings is 1. The molecule has 154 valence electrons. The van der Waals surface area contributed by atoms with Crippen molar-refractivity contribution in [2.45, 2.75) is 33.6 Å². The zero-order valence-electron chi connectivity index (χ0n) is 17.2. The maximum absolute atomic E-state index is 12.6. The Hall–Kier alpha value is -2.18. The van der Waals surface area contributed by atoms with Gasteiger partial charge in [0.15, 0.2) is 0 Å². The number of hydrogen-bond acceptors (Lipinski definition) is 3. The van der Waals surface area contributed by atoms with E-state index in [-0.39, 0.29) is 17.7 Å². The van der Waals surface area contributed by atoms with Gasteiger partial charge in [0.1, 0.15) is 0 Å². The van der Waals surface area contributed by atoms with Crippen LogP contribution in [0.15, 0.2) is 40.9 Å². The molecule has 0 unspecified atom stereocenters. The van der Waals surface area contributed by atoms with Crippen molar-refractivity contribution >= 4 is 39.1 Å². The molecule has 1 saturated heterocycles. The third-order valence-electron chi connectivity index (χ3n) is 5.41. The Morgan fingerprint density at radius 1 is 1.00 bits per heavy atom. The van der Waals surface area contributed by atoms with Crippen molar-refractivity contribution in [2.75, 3.05) is 30.3 Å². The van der Waals surface area contributed by atoms with Gasteiger partial charge in [-0.25, -0.2) is 0 Å². The molecule has 0 aromatic heterocycles. The van der Waals surface area contributed by atoms with Crippen LogP contribution in [-0.2, 0) is 9.59 Å². The minimum atomic E-state index is -0.0161. The molecule has 2 amide bonds. The summed E-state index contributed by atoms with van der Waals surface area (Å²) in [6, 6.07) is 11.8. The molecule has 0 radical (unpaired) electrons. The van der Waals surface area contributed by atoms with E-state index in [4.69, 9.17) is 0 Å². The van der Waals surface area contributed by atoms with Crippen LogP contribution >= 0.6 is 15.9 Å². The lowest BCUT2D eigenvalue weighted by Gasteiger charge is -2.30. The van der Waals surface area contributed by atoms with E-state index in [1.807, 2.05) is 51.1 Å². The quantitative estimate of drug-likeness (QED) is 0.685. The Labute approximate surface area is 181 Å². The first kappa shape index (κ1) is 21.5. The molecule has 0 spiro atoms. The number of rotatable bonds is 5. The third-order valence-corrected chi connectivity index (χ3v) is 6.30. The highest BCUT2D eigenvalue weighted by atomic mass is 79.9. The minimum Gasteiger partial charge on any atom is -0.326 e. The largest absolute Gasteiger partial charge is 0.326 e. The van der Waals surface area contributed by atoms with Crippen molar-refractivity contribution in [1.29, 1.82) is 0 Å². The number of benzene rings is 2. The molecule has 5 nitrogen and oxygen atoms in total. The van der Waals surface area contributed by atoms with E-state index >= 15 is 0 Å². The molecule has 0 bridgehead atoms. The zero-order valence-corrected chi connectivity index (χ0v) is 18.8. The Balaban J connectivity index is 1.46. The maximum Gasteiger partial charge on any atom is 0.238 e. The highest BCUT2D eigenvalue weighted by Gasteiger charge is 2.26. The minimum absolute atomic E-state index is 0.00908. The summed E-state index contributed by atoms with van der Waals surface area (Å²) in [6.07, 6.45) is 1.52. The van der Waals surface area contributed by atoms with Gasteiger partial charge >= 0.3 is 0 Å². The number of carbonyl (C=O) groups is 2. The number of carbonyl (C=O) groups excluding carboxylic acids is 2. The van der Waals surface area contributed by atoms with Crippen molar-refractivity contribution in [1.82, 2.24) is 4.90 Å². The van der Waals surface area contributed by atoms with Gasteiger partial charge in [0.2, 0.25) is 11.8 Å². The molecule has 2 aromatic rings. The van der Waals surface area contributed by atoms with Crippen molar-refractivity contribution in [3.8, 4) is 0 Å². The van der Waals surface area contributed by atoms with Crippen molar-refractivity contribution in [3.05, 3.63) is 57.6 Å². The first-order valence-corrected chi connectivity index (χ1v) is 10.8. The van der Waals surface area contributed by atoms with Crippen LogP contribution in [0.4, 0.5) is 11.4 Å². The summed E-state index contributed by atoms with van der Waals surface area (Å²) in [4.78, 5) is 27.1. The summed E-state index contributed by atoms with van der Waals surface area (Å²) in [5.74, 6) is 0.0360. The average Bonchev–Trinajstić information content (AvgIpc) is 2.67. The number of likely N-dealkylation sites (tertiary alicyclic amines) is 1. The second-order valence-corrected chi connectivity index (χ2v) is 8.72. The first-order valence-electron chi connectivity index (χ1n) is 9.98. The molecule has 3 rings (SSSR count). The molecule has 2 aromatic carbocycles. The molecule has 6 heteroatoms. The van der Waals surface area contributed by atoms with E-state index in [0.29, 0.717) is 6.54 Å². The molecule has 29 heavy (non-hydrogen) atoms. The van der Waals surface area contributed by atoms with E-state index < -0.39 is 0 Å². The van der Waals surface area contributed by atoms with Gasteiger partial charge in [-0.3, -0.25) is 14.5 Å². The Bertz CT molecular complexity index is 905. The molecule has 1 heterocycles. The molecule has 1 aliphatic rings. The van der Waals surface area contributed by atoms with E-state index in [9.17, 15) is 9.59 Å². The Morgan fingerprint density at radius 3 is 2.38 bits per heavy atom. The van der Waals surface area contributed by atoms with E-state index in [1.54, 1.807) is 0 Å². The number of halogens is 1. The second kappa shape index (κ2) is 9.55. The van der Waals surface area contributed by atoms with Crippen molar-refractivity contribution in [2.24, 2.45) is 5.92 Å². The van der Waals surface area contributed by atoms with Gasteiger partial charge in [-0.05, 0) is 82.1 Å². The van der Waals surface area contributed by atoms with Crippen LogP contribution in [0.3, 0.4) is 0 Å². The fourth-order valence-electron chi connectivity index (χ4n) is 3.67. The first-order chi connectivity index (χ1) is 13.8. The average molecular weight is 458 g/mol. The summed E-state index contributed by atoms with van der Waals surface area (Å²) in [7, 11) is 0.